The van der Waals surface area contributed by atoms with E-state index in [9.17, 15) is 4.79 Å². The third kappa shape index (κ3) is 4.44. The van der Waals surface area contributed by atoms with Gasteiger partial charge < -0.3 is 5.32 Å². The van der Waals surface area contributed by atoms with Crippen molar-refractivity contribution in [2.75, 3.05) is 11.1 Å². The van der Waals surface area contributed by atoms with Crippen molar-refractivity contribution in [1.82, 2.24) is 20.2 Å². The van der Waals surface area contributed by atoms with Gasteiger partial charge in [-0.3, -0.25) is 4.79 Å². The lowest BCUT2D eigenvalue weighted by molar-refractivity contribution is -0.113. The molecule has 0 atom stereocenters. The molecular weight excluding hydrogens is 410 g/mol. The van der Waals surface area contributed by atoms with Crippen molar-refractivity contribution < 1.29 is 4.79 Å². The number of carbonyl (C=O) groups is 1. The van der Waals surface area contributed by atoms with E-state index in [2.05, 4.69) is 25.5 Å². The highest BCUT2D eigenvalue weighted by Crippen LogP contribution is 2.34. The maximum atomic E-state index is 11.9. The van der Waals surface area contributed by atoms with Gasteiger partial charge in [0.2, 0.25) is 5.91 Å². The number of rotatable bonds is 6. The number of carbonyl (C=O) groups excluding carboxylic acids is 1. The summed E-state index contributed by atoms with van der Waals surface area (Å²) in [6.45, 7) is 1.98. The van der Waals surface area contributed by atoms with E-state index in [1.807, 2.05) is 54.8 Å². The van der Waals surface area contributed by atoms with Crippen LogP contribution in [0.5, 0.6) is 0 Å². The molecule has 0 saturated carbocycles. The number of amides is 1. The standard InChI is InChI=1S/C19H15N5OS3/c1-12-17(28-18(21-12)13-5-3-2-4-6-13)14-7-8-16(24-23-14)27-11-15(25)22-19-20-9-10-26-19/h2-10H,11H2,1H3,(H,20,22,25). The molecule has 0 aliphatic rings. The zero-order chi connectivity index (χ0) is 19.3. The molecule has 0 unspecified atom stereocenters. The van der Waals surface area contributed by atoms with Crippen molar-refractivity contribution in [3.05, 3.63) is 59.7 Å². The average molecular weight is 426 g/mol. The molecule has 4 aromatic rings. The van der Waals surface area contributed by atoms with Crippen LogP contribution in [0, 0.1) is 6.92 Å². The first-order valence-electron chi connectivity index (χ1n) is 8.38. The lowest BCUT2D eigenvalue weighted by atomic mass is 10.2. The van der Waals surface area contributed by atoms with Crippen molar-refractivity contribution in [3.63, 3.8) is 0 Å². The molecule has 1 amide bonds. The minimum Gasteiger partial charge on any atom is -0.301 e. The molecule has 0 radical (unpaired) electrons. The molecule has 0 aliphatic heterocycles. The minimum absolute atomic E-state index is 0.114. The lowest BCUT2D eigenvalue weighted by Crippen LogP contribution is -2.13. The second-order valence-electron chi connectivity index (χ2n) is 5.73. The Kier molecular flexibility index (Phi) is 5.75. The monoisotopic (exact) mass is 425 g/mol. The van der Waals surface area contributed by atoms with E-state index >= 15 is 0 Å². The zero-order valence-corrected chi connectivity index (χ0v) is 17.3. The van der Waals surface area contributed by atoms with Crippen LogP contribution in [0.1, 0.15) is 5.69 Å². The van der Waals surface area contributed by atoms with Gasteiger partial charge in [-0.1, -0.05) is 42.1 Å². The third-order valence-electron chi connectivity index (χ3n) is 3.72. The van der Waals surface area contributed by atoms with Crippen LogP contribution in [0.25, 0.3) is 21.1 Å². The predicted molar refractivity (Wildman–Crippen MR) is 115 cm³/mol. The summed E-state index contributed by atoms with van der Waals surface area (Å²) in [5.41, 5.74) is 2.81. The highest BCUT2D eigenvalue weighted by atomic mass is 32.2. The van der Waals surface area contributed by atoms with Gasteiger partial charge in [0.15, 0.2) is 5.13 Å². The van der Waals surface area contributed by atoms with Gasteiger partial charge in [-0.2, -0.15) is 0 Å². The number of hydrogen-bond acceptors (Lipinski definition) is 8. The highest BCUT2D eigenvalue weighted by Gasteiger charge is 2.13. The smallest absolute Gasteiger partial charge is 0.236 e. The number of benzene rings is 1. The summed E-state index contributed by atoms with van der Waals surface area (Å²) in [6, 6.07) is 13.9. The largest absolute Gasteiger partial charge is 0.301 e. The number of nitrogens with zero attached hydrogens (tertiary/aromatic N) is 4. The van der Waals surface area contributed by atoms with Crippen LogP contribution in [0.4, 0.5) is 5.13 Å². The van der Waals surface area contributed by atoms with Crippen LogP contribution in [0.2, 0.25) is 0 Å². The van der Waals surface area contributed by atoms with Gasteiger partial charge in [0.25, 0.3) is 0 Å². The number of nitrogens with one attached hydrogen (secondary N) is 1. The molecule has 3 heterocycles. The Balaban J connectivity index is 1.42. The molecule has 4 rings (SSSR count). The lowest BCUT2D eigenvalue weighted by Gasteiger charge is -2.02. The Morgan fingerprint density at radius 2 is 2.00 bits per heavy atom. The average Bonchev–Trinajstić information content (AvgIpc) is 3.37. The quantitative estimate of drug-likeness (QED) is 0.449. The van der Waals surface area contributed by atoms with Gasteiger partial charge in [0, 0.05) is 17.1 Å². The van der Waals surface area contributed by atoms with Crippen LogP contribution < -0.4 is 5.32 Å². The maximum absolute atomic E-state index is 11.9. The van der Waals surface area contributed by atoms with Gasteiger partial charge in [0.1, 0.15) is 15.7 Å². The fraction of sp³-hybridized carbons (Fsp3) is 0.105. The molecule has 0 saturated heterocycles. The molecule has 1 aromatic carbocycles. The second kappa shape index (κ2) is 8.59. The predicted octanol–water partition coefficient (Wildman–Crippen LogP) is 4.76. The van der Waals surface area contributed by atoms with Gasteiger partial charge in [-0.05, 0) is 19.1 Å². The van der Waals surface area contributed by atoms with E-state index in [4.69, 9.17) is 0 Å². The Hall–Kier alpha value is -2.62. The fourth-order valence-electron chi connectivity index (χ4n) is 2.44. The van der Waals surface area contributed by atoms with Crippen LogP contribution in [-0.2, 0) is 4.79 Å². The zero-order valence-electron chi connectivity index (χ0n) is 14.8. The van der Waals surface area contributed by atoms with E-state index in [0.717, 1.165) is 26.8 Å². The topological polar surface area (TPSA) is 80.7 Å². The summed E-state index contributed by atoms with van der Waals surface area (Å²) >= 11 is 4.33. The molecule has 0 spiro atoms. The number of hydrogen-bond donors (Lipinski definition) is 1. The Labute approximate surface area is 174 Å². The Bertz CT molecular complexity index is 1060. The van der Waals surface area contributed by atoms with E-state index in [1.165, 1.54) is 23.1 Å². The molecule has 1 N–H and O–H groups in total. The minimum atomic E-state index is -0.114. The van der Waals surface area contributed by atoms with Crippen LogP contribution in [0.15, 0.2) is 59.1 Å². The number of aryl methyl sites for hydroxylation is 1. The van der Waals surface area contributed by atoms with Crippen molar-refractivity contribution in [2.24, 2.45) is 0 Å². The molecule has 0 aliphatic carbocycles. The van der Waals surface area contributed by atoms with Crippen molar-refractivity contribution in [1.29, 1.82) is 0 Å². The van der Waals surface area contributed by atoms with E-state index in [-0.39, 0.29) is 11.7 Å². The van der Waals surface area contributed by atoms with Crippen molar-refractivity contribution in [3.8, 4) is 21.1 Å². The van der Waals surface area contributed by atoms with E-state index < -0.39 is 0 Å². The maximum Gasteiger partial charge on any atom is 0.236 e. The van der Waals surface area contributed by atoms with Crippen LogP contribution >= 0.6 is 34.4 Å². The molecule has 140 valence electrons. The summed E-state index contributed by atoms with van der Waals surface area (Å²) in [7, 11) is 0. The van der Waals surface area contributed by atoms with E-state index in [0.29, 0.717) is 10.2 Å². The summed E-state index contributed by atoms with van der Waals surface area (Å²) in [6.07, 6.45) is 1.66. The Morgan fingerprint density at radius 1 is 1.14 bits per heavy atom. The van der Waals surface area contributed by atoms with Gasteiger partial charge in [0.05, 0.1) is 16.3 Å². The van der Waals surface area contributed by atoms with Gasteiger partial charge >= 0.3 is 0 Å². The first kappa shape index (κ1) is 18.7. The summed E-state index contributed by atoms with van der Waals surface area (Å²) < 4.78 is 0. The van der Waals surface area contributed by atoms with E-state index in [1.54, 1.807) is 17.5 Å². The molecule has 28 heavy (non-hydrogen) atoms. The van der Waals surface area contributed by atoms with Crippen LogP contribution in [0.3, 0.4) is 0 Å². The first-order valence-corrected chi connectivity index (χ1v) is 11.1. The summed E-state index contributed by atoms with van der Waals surface area (Å²) in [5, 5.41) is 15.4. The Morgan fingerprint density at radius 3 is 2.71 bits per heavy atom. The fourth-order valence-corrected chi connectivity index (χ4v) is 4.63. The molecule has 6 nitrogen and oxygen atoms in total. The highest BCUT2D eigenvalue weighted by molar-refractivity contribution is 7.99. The number of aromatic nitrogens is 4. The molecule has 0 fully saturated rings. The van der Waals surface area contributed by atoms with Gasteiger partial charge in [-0.25, -0.2) is 9.97 Å². The SMILES string of the molecule is Cc1nc(-c2ccccc2)sc1-c1ccc(SCC(=O)Nc2nccs2)nn1. The van der Waals surface area contributed by atoms with Gasteiger partial charge in [-0.15, -0.1) is 32.9 Å². The molecule has 9 heteroatoms. The molecule has 0 bridgehead atoms. The number of anilines is 1. The third-order valence-corrected chi connectivity index (χ3v) is 6.56. The van der Waals surface area contributed by atoms with Crippen molar-refractivity contribution in [2.45, 2.75) is 11.9 Å². The summed E-state index contributed by atoms with van der Waals surface area (Å²) in [4.78, 5) is 21.6. The first-order chi connectivity index (χ1) is 13.7. The number of thiazole rings is 2. The second-order valence-corrected chi connectivity index (χ2v) is 8.62. The number of thioether (sulfide) groups is 1. The molecular formula is C19H15N5OS3. The van der Waals surface area contributed by atoms with Crippen molar-refractivity contribution >= 4 is 45.5 Å². The summed E-state index contributed by atoms with van der Waals surface area (Å²) in [5.74, 6) is 0.141. The van der Waals surface area contributed by atoms with Crippen LogP contribution in [-0.4, -0.2) is 31.8 Å². The normalized spacial score (nSPS) is 10.8. The molecule has 3 aromatic heterocycles.